The molecule has 6 nitrogen and oxygen atoms in total. The van der Waals surface area contributed by atoms with E-state index in [0.717, 1.165) is 15.8 Å². The normalized spacial score (nSPS) is 10.8. The summed E-state index contributed by atoms with van der Waals surface area (Å²) < 4.78 is 8.66. The second kappa shape index (κ2) is 6.37. The highest BCUT2D eigenvalue weighted by molar-refractivity contribution is 7.20. The fourth-order valence-corrected chi connectivity index (χ4v) is 3.46. The quantitative estimate of drug-likeness (QED) is 0.610. The summed E-state index contributed by atoms with van der Waals surface area (Å²) in [6.45, 7) is 0. The molecule has 3 heterocycles. The zero-order valence-corrected chi connectivity index (χ0v) is 14.2. The van der Waals surface area contributed by atoms with E-state index in [1.807, 2.05) is 42.6 Å². The van der Waals surface area contributed by atoms with E-state index in [-0.39, 0.29) is 5.91 Å². The van der Waals surface area contributed by atoms with Crippen molar-refractivity contribution in [2.45, 2.75) is 0 Å². The molecular weight excluding hydrogens is 336 g/mol. The first-order chi connectivity index (χ1) is 12.2. The van der Waals surface area contributed by atoms with Crippen LogP contribution in [0.3, 0.4) is 0 Å². The molecule has 7 heteroatoms. The first-order valence-corrected chi connectivity index (χ1v) is 8.44. The summed E-state index contributed by atoms with van der Waals surface area (Å²) in [5, 5.41) is 7.70. The van der Waals surface area contributed by atoms with Gasteiger partial charge in [0.15, 0.2) is 5.75 Å². The van der Waals surface area contributed by atoms with Gasteiger partial charge in [0.2, 0.25) is 0 Å². The van der Waals surface area contributed by atoms with Gasteiger partial charge < -0.3 is 10.1 Å². The minimum Gasteiger partial charge on any atom is -0.455 e. The molecule has 0 aliphatic rings. The monoisotopic (exact) mass is 350 g/mol. The number of thiophene rings is 1. The number of hydrogen-bond acceptors (Lipinski definition) is 5. The molecule has 0 saturated heterocycles. The third-order valence-corrected chi connectivity index (χ3v) is 4.76. The second-order valence-electron chi connectivity index (χ2n) is 5.29. The molecule has 1 N–H and O–H groups in total. The summed E-state index contributed by atoms with van der Waals surface area (Å²) in [7, 11) is 1.61. The molecule has 0 bridgehead atoms. The molecule has 3 aromatic heterocycles. The number of nitrogens with zero attached hydrogens (tertiary/aromatic N) is 3. The topological polar surface area (TPSA) is 69.0 Å². The molecule has 0 aliphatic heterocycles. The number of ether oxygens (including phenoxy) is 1. The van der Waals surface area contributed by atoms with Gasteiger partial charge >= 0.3 is 0 Å². The molecule has 124 valence electrons. The van der Waals surface area contributed by atoms with Crippen molar-refractivity contribution in [2.24, 2.45) is 0 Å². The lowest BCUT2D eigenvalue weighted by Gasteiger charge is -2.07. The van der Waals surface area contributed by atoms with E-state index in [9.17, 15) is 4.79 Å². The number of nitrogens with one attached hydrogen (secondary N) is 1. The van der Waals surface area contributed by atoms with Crippen molar-refractivity contribution in [1.29, 1.82) is 0 Å². The third kappa shape index (κ3) is 2.97. The van der Waals surface area contributed by atoms with Crippen LogP contribution in [0.25, 0.3) is 15.8 Å². The van der Waals surface area contributed by atoms with Crippen LogP contribution in [0.2, 0.25) is 0 Å². The van der Waals surface area contributed by atoms with Crippen molar-refractivity contribution in [3.05, 3.63) is 66.1 Å². The maximum Gasteiger partial charge on any atom is 0.261 e. The predicted molar refractivity (Wildman–Crippen MR) is 96.6 cm³/mol. The van der Waals surface area contributed by atoms with E-state index in [0.29, 0.717) is 16.4 Å². The molecule has 1 aromatic carbocycles. The van der Waals surface area contributed by atoms with Crippen molar-refractivity contribution in [3.8, 4) is 17.2 Å². The molecule has 4 aromatic rings. The summed E-state index contributed by atoms with van der Waals surface area (Å²) in [5.74, 6) is 1.20. The molecule has 0 radical (unpaired) electrons. The second-order valence-corrected chi connectivity index (χ2v) is 6.37. The Morgan fingerprint density at radius 1 is 1.24 bits per heavy atom. The fourth-order valence-electron chi connectivity index (χ4n) is 2.47. The summed E-state index contributed by atoms with van der Waals surface area (Å²) in [5.41, 5.74) is 0.950. The smallest absolute Gasteiger partial charge is 0.261 e. The Morgan fingerprint density at radius 3 is 2.80 bits per heavy atom. The summed E-state index contributed by atoms with van der Waals surface area (Å²) in [6.07, 6.45) is 7.01. The third-order valence-electron chi connectivity index (χ3n) is 3.69. The van der Waals surface area contributed by atoms with Gasteiger partial charge in [-0.25, -0.2) is 4.68 Å². The number of hydrogen-bond donors (Lipinski definition) is 1. The van der Waals surface area contributed by atoms with Gasteiger partial charge in [0, 0.05) is 31.0 Å². The van der Waals surface area contributed by atoms with Crippen molar-refractivity contribution >= 4 is 27.3 Å². The lowest BCUT2D eigenvalue weighted by molar-refractivity contribution is 0.0967. The Kier molecular flexibility index (Phi) is 3.91. The molecular formula is C18H14N4O2S. The van der Waals surface area contributed by atoms with Crippen molar-refractivity contribution in [2.75, 3.05) is 7.05 Å². The highest BCUT2D eigenvalue weighted by Crippen LogP contribution is 2.34. The zero-order chi connectivity index (χ0) is 17.2. The van der Waals surface area contributed by atoms with E-state index >= 15 is 0 Å². The first kappa shape index (κ1) is 15.3. The van der Waals surface area contributed by atoms with Gasteiger partial charge in [-0.05, 0) is 36.4 Å². The van der Waals surface area contributed by atoms with Gasteiger partial charge in [-0.3, -0.25) is 9.78 Å². The largest absolute Gasteiger partial charge is 0.455 e. The van der Waals surface area contributed by atoms with E-state index < -0.39 is 0 Å². The van der Waals surface area contributed by atoms with Crippen LogP contribution in [0.4, 0.5) is 0 Å². The summed E-state index contributed by atoms with van der Waals surface area (Å²) >= 11 is 1.39. The molecule has 0 unspecified atom stereocenters. The van der Waals surface area contributed by atoms with Crippen LogP contribution >= 0.6 is 11.3 Å². The van der Waals surface area contributed by atoms with Crippen LogP contribution in [-0.2, 0) is 0 Å². The standard InChI is InChI=1S/C18H14N4O2S/c1-19-18(23)16-9-14-15(10-20-11-17(14)25-16)24-13-5-3-12(4-6-13)22-8-2-7-21-22/h2-11H,1H3,(H,19,23). The fraction of sp³-hybridized carbons (Fsp3) is 0.0556. The molecule has 0 fully saturated rings. The van der Waals surface area contributed by atoms with Crippen LogP contribution in [0, 0.1) is 0 Å². The highest BCUT2D eigenvalue weighted by atomic mass is 32.1. The average Bonchev–Trinajstić information content (AvgIpc) is 3.32. The van der Waals surface area contributed by atoms with Gasteiger partial charge in [0.1, 0.15) is 5.75 Å². The van der Waals surface area contributed by atoms with Crippen LogP contribution in [0.15, 0.2) is 61.2 Å². The van der Waals surface area contributed by atoms with Crippen LogP contribution < -0.4 is 10.1 Å². The summed E-state index contributed by atoms with van der Waals surface area (Å²) in [6, 6.07) is 11.3. The number of aromatic nitrogens is 3. The number of pyridine rings is 1. The van der Waals surface area contributed by atoms with Crippen molar-refractivity contribution < 1.29 is 9.53 Å². The van der Waals surface area contributed by atoms with Crippen molar-refractivity contribution in [1.82, 2.24) is 20.1 Å². The van der Waals surface area contributed by atoms with Gasteiger partial charge in [-0.1, -0.05) is 0 Å². The SMILES string of the molecule is CNC(=O)c1cc2c(Oc3ccc(-n4cccn4)cc3)cncc2s1. The highest BCUT2D eigenvalue weighted by Gasteiger charge is 2.13. The van der Waals surface area contributed by atoms with Gasteiger partial charge in [-0.2, -0.15) is 5.10 Å². The number of benzene rings is 1. The molecule has 25 heavy (non-hydrogen) atoms. The zero-order valence-electron chi connectivity index (χ0n) is 13.3. The number of rotatable bonds is 4. The predicted octanol–water partition coefficient (Wildman–Crippen LogP) is 3.63. The lowest BCUT2D eigenvalue weighted by atomic mass is 10.2. The maximum atomic E-state index is 11.8. The molecule has 0 atom stereocenters. The Labute approximate surface area is 147 Å². The van der Waals surface area contributed by atoms with E-state index in [4.69, 9.17) is 4.74 Å². The Morgan fingerprint density at radius 2 is 2.08 bits per heavy atom. The number of amides is 1. The Balaban J connectivity index is 1.64. The summed E-state index contributed by atoms with van der Waals surface area (Å²) in [4.78, 5) is 16.7. The Bertz CT molecular complexity index is 1020. The minimum absolute atomic E-state index is 0.115. The maximum absolute atomic E-state index is 11.8. The van der Waals surface area contributed by atoms with E-state index in [1.165, 1.54) is 11.3 Å². The molecule has 0 aliphatic carbocycles. The molecule has 1 amide bonds. The minimum atomic E-state index is -0.115. The van der Waals surface area contributed by atoms with Crippen LogP contribution in [0.1, 0.15) is 9.67 Å². The lowest BCUT2D eigenvalue weighted by Crippen LogP contribution is -2.15. The molecule has 0 saturated carbocycles. The van der Waals surface area contributed by atoms with Crippen LogP contribution in [-0.4, -0.2) is 27.7 Å². The van der Waals surface area contributed by atoms with E-state index in [1.54, 1.807) is 30.3 Å². The van der Waals surface area contributed by atoms with Gasteiger partial charge in [-0.15, -0.1) is 11.3 Å². The number of fused-ring (bicyclic) bond motifs is 1. The first-order valence-electron chi connectivity index (χ1n) is 7.62. The average molecular weight is 350 g/mol. The van der Waals surface area contributed by atoms with E-state index in [2.05, 4.69) is 15.4 Å². The molecule has 0 spiro atoms. The van der Waals surface area contributed by atoms with Gasteiger partial charge in [0.05, 0.1) is 21.5 Å². The van der Waals surface area contributed by atoms with Crippen molar-refractivity contribution in [3.63, 3.8) is 0 Å². The molecule has 4 rings (SSSR count). The number of carbonyl (C=O) groups is 1. The van der Waals surface area contributed by atoms with Gasteiger partial charge in [0.25, 0.3) is 5.91 Å². The van der Waals surface area contributed by atoms with Crippen LogP contribution in [0.5, 0.6) is 11.5 Å². The Hall–Kier alpha value is -3.19. The number of carbonyl (C=O) groups excluding carboxylic acids is 1.